The molecule has 0 radical (unpaired) electrons. The van der Waals surface area contributed by atoms with E-state index >= 15 is 0 Å². The summed E-state index contributed by atoms with van der Waals surface area (Å²) < 4.78 is 5.22. The Morgan fingerprint density at radius 3 is 2.38 bits per heavy atom. The van der Waals surface area contributed by atoms with E-state index in [9.17, 15) is 4.79 Å². The molecule has 0 saturated carbocycles. The molecule has 13 heavy (non-hydrogen) atoms. The van der Waals surface area contributed by atoms with Gasteiger partial charge in [-0.05, 0) is 18.3 Å². The molecule has 0 bridgehead atoms. The Hall–Kier alpha value is -0.570. The Morgan fingerprint density at radius 2 is 2.00 bits per heavy atom. The Kier molecular flexibility index (Phi) is 5.71. The Balaban J connectivity index is 0.000000671. The standard InChI is InChI=1S/C9H16O2.CH4O/c1-6(2)9-7(3)4-5-8(10)11-9;1-2/h6-7,9H,4-5H2,1-3H3;2H,1H3. The van der Waals surface area contributed by atoms with Crippen LogP contribution < -0.4 is 0 Å². The molecule has 1 fully saturated rings. The molecule has 0 amide bonds. The summed E-state index contributed by atoms with van der Waals surface area (Å²) in [4.78, 5) is 10.9. The van der Waals surface area contributed by atoms with Crippen LogP contribution in [0.4, 0.5) is 0 Å². The van der Waals surface area contributed by atoms with Crippen molar-refractivity contribution in [3.63, 3.8) is 0 Å². The van der Waals surface area contributed by atoms with Crippen LogP contribution in [0.1, 0.15) is 33.6 Å². The van der Waals surface area contributed by atoms with Crippen LogP contribution in [0.15, 0.2) is 0 Å². The first kappa shape index (κ1) is 12.4. The molecule has 2 unspecified atom stereocenters. The van der Waals surface area contributed by atoms with Gasteiger partial charge in [-0.2, -0.15) is 0 Å². The van der Waals surface area contributed by atoms with Crippen molar-refractivity contribution in [2.24, 2.45) is 11.8 Å². The van der Waals surface area contributed by atoms with E-state index in [1.54, 1.807) is 0 Å². The van der Waals surface area contributed by atoms with Gasteiger partial charge in [0.25, 0.3) is 0 Å². The molecule has 0 aromatic carbocycles. The normalized spacial score (nSPS) is 27.7. The van der Waals surface area contributed by atoms with Crippen molar-refractivity contribution in [3.05, 3.63) is 0 Å². The van der Waals surface area contributed by atoms with Crippen molar-refractivity contribution >= 4 is 5.97 Å². The van der Waals surface area contributed by atoms with Gasteiger partial charge in [-0.25, -0.2) is 0 Å². The van der Waals surface area contributed by atoms with Gasteiger partial charge < -0.3 is 9.84 Å². The third kappa shape index (κ3) is 3.77. The van der Waals surface area contributed by atoms with Crippen LogP contribution in [0.25, 0.3) is 0 Å². The number of carbonyl (C=O) groups is 1. The summed E-state index contributed by atoms with van der Waals surface area (Å²) in [5, 5.41) is 7.00. The van der Waals surface area contributed by atoms with E-state index in [2.05, 4.69) is 20.8 Å². The van der Waals surface area contributed by atoms with Gasteiger partial charge in [0.15, 0.2) is 0 Å². The van der Waals surface area contributed by atoms with Crippen molar-refractivity contribution in [1.82, 2.24) is 0 Å². The quantitative estimate of drug-likeness (QED) is 0.636. The third-order valence-electron chi connectivity index (χ3n) is 2.29. The van der Waals surface area contributed by atoms with Gasteiger partial charge in [-0.3, -0.25) is 4.79 Å². The topological polar surface area (TPSA) is 46.5 Å². The second kappa shape index (κ2) is 5.97. The van der Waals surface area contributed by atoms with Crippen LogP contribution in [0.2, 0.25) is 0 Å². The monoisotopic (exact) mass is 188 g/mol. The second-order valence-corrected chi connectivity index (χ2v) is 3.71. The average Bonchev–Trinajstić information content (AvgIpc) is 2.12. The van der Waals surface area contributed by atoms with E-state index in [0.717, 1.165) is 13.5 Å². The second-order valence-electron chi connectivity index (χ2n) is 3.71. The van der Waals surface area contributed by atoms with Crippen LogP contribution in [0.3, 0.4) is 0 Å². The predicted molar refractivity (Wildman–Crippen MR) is 51.3 cm³/mol. The fraction of sp³-hybridized carbons (Fsp3) is 0.900. The lowest BCUT2D eigenvalue weighted by Crippen LogP contribution is -2.34. The predicted octanol–water partition coefficient (Wildman–Crippen LogP) is 1.59. The SMILES string of the molecule is CC(C)C1OC(=O)CCC1C.CO. The molecule has 3 nitrogen and oxygen atoms in total. The third-order valence-corrected chi connectivity index (χ3v) is 2.29. The van der Waals surface area contributed by atoms with E-state index in [1.807, 2.05) is 0 Å². The van der Waals surface area contributed by atoms with E-state index in [1.165, 1.54) is 0 Å². The number of carbonyl (C=O) groups excluding carboxylic acids is 1. The fourth-order valence-electron chi connectivity index (χ4n) is 1.63. The first-order chi connectivity index (χ1) is 6.11. The van der Waals surface area contributed by atoms with Gasteiger partial charge in [-0.15, -0.1) is 0 Å². The summed E-state index contributed by atoms with van der Waals surface area (Å²) in [6.45, 7) is 6.34. The summed E-state index contributed by atoms with van der Waals surface area (Å²) in [7, 11) is 1.00. The zero-order valence-corrected chi connectivity index (χ0v) is 8.91. The Bertz CT molecular complexity index is 154. The van der Waals surface area contributed by atoms with E-state index in [0.29, 0.717) is 18.3 Å². The summed E-state index contributed by atoms with van der Waals surface area (Å²) >= 11 is 0. The van der Waals surface area contributed by atoms with Crippen LogP contribution in [0.5, 0.6) is 0 Å². The highest BCUT2D eigenvalue weighted by molar-refractivity contribution is 5.70. The van der Waals surface area contributed by atoms with E-state index < -0.39 is 0 Å². The number of esters is 1. The van der Waals surface area contributed by atoms with Crippen LogP contribution in [-0.2, 0) is 9.53 Å². The summed E-state index contributed by atoms with van der Waals surface area (Å²) in [6.07, 6.45) is 1.74. The molecule has 1 saturated heterocycles. The van der Waals surface area contributed by atoms with Crippen molar-refractivity contribution in [2.45, 2.75) is 39.7 Å². The number of hydrogen-bond acceptors (Lipinski definition) is 3. The number of hydrogen-bond donors (Lipinski definition) is 1. The smallest absolute Gasteiger partial charge is 0.306 e. The molecule has 3 heteroatoms. The minimum absolute atomic E-state index is 0.0261. The zero-order chi connectivity index (χ0) is 10.4. The molecular weight excluding hydrogens is 168 g/mol. The molecule has 1 N–H and O–H groups in total. The highest BCUT2D eigenvalue weighted by Crippen LogP contribution is 2.25. The van der Waals surface area contributed by atoms with Gasteiger partial charge in [-0.1, -0.05) is 20.8 Å². The molecule has 0 aliphatic carbocycles. The lowest BCUT2D eigenvalue weighted by atomic mass is 9.89. The summed E-state index contributed by atoms with van der Waals surface area (Å²) in [6, 6.07) is 0. The first-order valence-electron chi connectivity index (χ1n) is 4.75. The molecule has 1 rings (SSSR count). The van der Waals surface area contributed by atoms with Crippen molar-refractivity contribution in [3.8, 4) is 0 Å². The lowest BCUT2D eigenvalue weighted by Gasteiger charge is -2.31. The highest BCUT2D eigenvalue weighted by atomic mass is 16.5. The molecule has 1 aliphatic rings. The van der Waals surface area contributed by atoms with Gasteiger partial charge in [0, 0.05) is 13.5 Å². The Labute approximate surface area is 80.1 Å². The number of ether oxygens (including phenoxy) is 1. The van der Waals surface area contributed by atoms with Gasteiger partial charge >= 0.3 is 5.97 Å². The van der Waals surface area contributed by atoms with Crippen LogP contribution in [0, 0.1) is 11.8 Å². The molecule has 1 aliphatic heterocycles. The summed E-state index contributed by atoms with van der Waals surface area (Å²) in [5.41, 5.74) is 0. The van der Waals surface area contributed by atoms with E-state index in [4.69, 9.17) is 9.84 Å². The molecule has 1 heterocycles. The van der Waals surface area contributed by atoms with Crippen molar-refractivity contribution in [1.29, 1.82) is 0 Å². The largest absolute Gasteiger partial charge is 0.462 e. The number of aliphatic hydroxyl groups is 1. The van der Waals surface area contributed by atoms with Gasteiger partial charge in [0.05, 0.1) is 0 Å². The minimum atomic E-state index is -0.0261. The lowest BCUT2D eigenvalue weighted by molar-refractivity contribution is -0.161. The number of cyclic esters (lactones) is 1. The summed E-state index contributed by atoms with van der Waals surface area (Å²) in [5.74, 6) is 0.962. The fourth-order valence-corrected chi connectivity index (χ4v) is 1.63. The van der Waals surface area contributed by atoms with E-state index in [-0.39, 0.29) is 12.1 Å². The van der Waals surface area contributed by atoms with Crippen LogP contribution >= 0.6 is 0 Å². The maximum absolute atomic E-state index is 10.9. The molecule has 0 aromatic rings. The van der Waals surface area contributed by atoms with Crippen molar-refractivity contribution in [2.75, 3.05) is 7.11 Å². The van der Waals surface area contributed by atoms with Crippen LogP contribution in [-0.4, -0.2) is 24.3 Å². The molecule has 78 valence electrons. The van der Waals surface area contributed by atoms with Crippen molar-refractivity contribution < 1.29 is 14.6 Å². The maximum atomic E-state index is 10.9. The van der Waals surface area contributed by atoms with Gasteiger partial charge in [0.1, 0.15) is 6.10 Å². The maximum Gasteiger partial charge on any atom is 0.306 e. The minimum Gasteiger partial charge on any atom is -0.462 e. The Morgan fingerprint density at radius 1 is 1.46 bits per heavy atom. The molecular formula is C10H20O3. The zero-order valence-electron chi connectivity index (χ0n) is 8.91. The highest BCUT2D eigenvalue weighted by Gasteiger charge is 2.29. The molecule has 0 aromatic heterocycles. The number of aliphatic hydroxyl groups excluding tert-OH is 1. The van der Waals surface area contributed by atoms with Gasteiger partial charge in [0.2, 0.25) is 0 Å². The molecule has 2 atom stereocenters. The molecule has 0 spiro atoms. The number of rotatable bonds is 1. The average molecular weight is 188 g/mol. The first-order valence-corrected chi connectivity index (χ1v) is 4.75.